The lowest BCUT2D eigenvalue weighted by Gasteiger charge is -2.22. The maximum absolute atomic E-state index is 13.5. The van der Waals surface area contributed by atoms with E-state index in [1.165, 1.54) is 30.0 Å². The molecule has 3 aromatic carbocycles. The Kier molecular flexibility index (Phi) is 7.37. The zero-order valence-corrected chi connectivity index (χ0v) is 20.8. The van der Waals surface area contributed by atoms with Crippen molar-refractivity contribution in [3.05, 3.63) is 99.3 Å². The van der Waals surface area contributed by atoms with E-state index in [2.05, 4.69) is 15.6 Å². The van der Waals surface area contributed by atoms with Crippen LogP contribution in [0, 0.1) is 5.82 Å². The molecule has 0 bridgehead atoms. The number of hydrogen-bond donors (Lipinski definition) is 2. The summed E-state index contributed by atoms with van der Waals surface area (Å²) >= 11 is 12.7. The largest absolute Gasteiger partial charge is 0.341 e. The Morgan fingerprint density at radius 3 is 2.50 bits per heavy atom. The summed E-state index contributed by atoms with van der Waals surface area (Å²) < 4.78 is 13.5. The third-order valence-corrected chi connectivity index (χ3v) is 6.20. The highest BCUT2D eigenvalue weighted by molar-refractivity contribution is 6.37. The molecular weight excluding hydrogens is 506 g/mol. The van der Waals surface area contributed by atoms with Crippen LogP contribution in [0.15, 0.2) is 71.7 Å². The van der Waals surface area contributed by atoms with E-state index in [0.29, 0.717) is 32.6 Å². The van der Waals surface area contributed by atoms with Gasteiger partial charge in [0.25, 0.3) is 11.8 Å². The van der Waals surface area contributed by atoms with Gasteiger partial charge in [0.2, 0.25) is 12.1 Å². The van der Waals surface area contributed by atoms with E-state index >= 15 is 0 Å². The Labute approximate surface area is 216 Å². The summed E-state index contributed by atoms with van der Waals surface area (Å²) in [5.41, 5.74) is 2.09. The number of carbonyl (C=O) groups is 3. The summed E-state index contributed by atoms with van der Waals surface area (Å²) in [6.07, 6.45) is -1.31. The maximum Gasteiger partial charge on any atom is 0.272 e. The molecule has 4 rings (SSSR count). The van der Waals surface area contributed by atoms with E-state index in [1.807, 2.05) is 0 Å². The van der Waals surface area contributed by atoms with Gasteiger partial charge >= 0.3 is 0 Å². The molecule has 1 heterocycles. The molecule has 36 heavy (non-hydrogen) atoms. The molecule has 0 radical (unpaired) electrons. The molecule has 0 saturated heterocycles. The average molecular weight is 527 g/mol. The minimum Gasteiger partial charge on any atom is -0.341 e. The predicted octanol–water partition coefficient (Wildman–Crippen LogP) is 4.21. The van der Waals surface area contributed by atoms with Crippen molar-refractivity contribution in [1.29, 1.82) is 0 Å². The van der Waals surface area contributed by atoms with Crippen molar-refractivity contribution in [1.82, 2.24) is 10.6 Å². The van der Waals surface area contributed by atoms with Crippen LogP contribution in [0.4, 0.5) is 10.1 Å². The molecular formula is C26H21Cl2FN4O3. The van der Waals surface area contributed by atoms with Crippen LogP contribution in [-0.4, -0.2) is 42.7 Å². The Balaban J connectivity index is 1.65. The summed E-state index contributed by atoms with van der Waals surface area (Å²) in [7, 11) is 1.56. The number of carbonyl (C=O) groups excluding carboxylic acids is 3. The first-order chi connectivity index (χ1) is 17.2. The van der Waals surface area contributed by atoms with Gasteiger partial charge in [-0.2, -0.15) is 0 Å². The average Bonchev–Trinajstić information content (AvgIpc) is 2.94. The number of fused-ring (bicyclic) bond motifs is 1. The molecule has 2 atom stereocenters. The van der Waals surface area contributed by atoms with Gasteiger partial charge in [-0.1, -0.05) is 47.5 Å². The van der Waals surface area contributed by atoms with Crippen LogP contribution < -0.4 is 15.5 Å². The normalized spacial score (nSPS) is 15.9. The standard InChI is InChI=1S/C26H21Cl2FN4O3/c1-14(30-25(35)15-6-5-7-17(29)12-15)24(34)32-23-26(36)33(2)21-11-10-16(27)13-19(21)22(31-23)18-8-3-4-9-20(18)28/h3-14,23H,1-2H3,(H,30,35)(H,32,34)/t14-,23?/m0/s1. The topological polar surface area (TPSA) is 90.9 Å². The lowest BCUT2D eigenvalue weighted by Crippen LogP contribution is -2.52. The molecule has 10 heteroatoms. The van der Waals surface area contributed by atoms with E-state index < -0.39 is 35.7 Å². The second-order valence-electron chi connectivity index (χ2n) is 8.13. The molecule has 0 fully saturated rings. The SMILES string of the molecule is C[C@H](NC(=O)c1cccc(F)c1)C(=O)NC1N=C(c2ccccc2Cl)c2cc(Cl)ccc2N(C)C1=O. The number of nitrogens with zero attached hydrogens (tertiary/aromatic N) is 2. The van der Waals surface area contributed by atoms with Crippen molar-refractivity contribution in [2.45, 2.75) is 19.1 Å². The minimum atomic E-state index is -1.31. The Bertz CT molecular complexity index is 1400. The van der Waals surface area contributed by atoms with E-state index in [1.54, 1.807) is 49.5 Å². The number of benzodiazepines with no additional fused rings is 1. The van der Waals surface area contributed by atoms with Crippen LogP contribution in [0.3, 0.4) is 0 Å². The highest BCUT2D eigenvalue weighted by Crippen LogP contribution is 2.31. The van der Waals surface area contributed by atoms with Gasteiger partial charge in [-0.05, 0) is 49.4 Å². The zero-order chi connectivity index (χ0) is 26.0. The highest BCUT2D eigenvalue weighted by atomic mass is 35.5. The molecule has 0 spiro atoms. The van der Waals surface area contributed by atoms with Crippen molar-refractivity contribution in [2.75, 3.05) is 11.9 Å². The van der Waals surface area contributed by atoms with Crippen LogP contribution in [-0.2, 0) is 9.59 Å². The molecule has 0 saturated carbocycles. The minimum absolute atomic E-state index is 0.0614. The smallest absolute Gasteiger partial charge is 0.272 e. The summed E-state index contributed by atoms with van der Waals surface area (Å²) in [5, 5.41) is 5.93. The summed E-state index contributed by atoms with van der Waals surface area (Å²) in [6.45, 7) is 1.45. The number of amides is 3. The van der Waals surface area contributed by atoms with Gasteiger partial charge in [0.05, 0.1) is 11.4 Å². The first-order valence-electron chi connectivity index (χ1n) is 10.9. The molecule has 1 aliphatic rings. The third kappa shape index (κ3) is 5.24. The number of benzene rings is 3. The molecule has 0 aliphatic carbocycles. The van der Waals surface area contributed by atoms with Crippen LogP contribution >= 0.6 is 23.2 Å². The van der Waals surface area contributed by atoms with Gasteiger partial charge in [0.1, 0.15) is 11.9 Å². The number of anilines is 1. The quantitative estimate of drug-likeness (QED) is 0.521. The Morgan fingerprint density at radius 1 is 1.03 bits per heavy atom. The first-order valence-corrected chi connectivity index (χ1v) is 11.7. The second kappa shape index (κ2) is 10.5. The fourth-order valence-electron chi connectivity index (χ4n) is 3.74. The van der Waals surface area contributed by atoms with Crippen molar-refractivity contribution in [2.24, 2.45) is 4.99 Å². The van der Waals surface area contributed by atoms with Crippen molar-refractivity contribution < 1.29 is 18.8 Å². The highest BCUT2D eigenvalue weighted by Gasteiger charge is 2.33. The van der Waals surface area contributed by atoms with Crippen molar-refractivity contribution in [3.63, 3.8) is 0 Å². The van der Waals surface area contributed by atoms with Gasteiger partial charge in [-0.3, -0.25) is 14.4 Å². The first kappa shape index (κ1) is 25.3. The molecule has 1 aliphatic heterocycles. The van der Waals surface area contributed by atoms with Crippen molar-refractivity contribution >= 4 is 52.3 Å². The zero-order valence-electron chi connectivity index (χ0n) is 19.3. The van der Waals surface area contributed by atoms with Gasteiger partial charge in [0, 0.05) is 33.8 Å². The number of aliphatic imine (C=N–C) groups is 1. The number of rotatable bonds is 5. The number of hydrogen-bond acceptors (Lipinski definition) is 4. The summed E-state index contributed by atoms with van der Waals surface area (Å²) in [6, 6.07) is 16.0. The van der Waals surface area contributed by atoms with E-state index in [9.17, 15) is 18.8 Å². The van der Waals surface area contributed by atoms with Gasteiger partial charge < -0.3 is 15.5 Å². The number of halogens is 3. The lowest BCUT2D eigenvalue weighted by atomic mass is 10.00. The molecule has 1 unspecified atom stereocenters. The predicted molar refractivity (Wildman–Crippen MR) is 137 cm³/mol. The molecule has 3 amide bonds. The molecule has 3 aromatic rings. The van der Waals surface area contributed by atoms with Crippen molar-refractivity contribution in [3.8, 4) is 0 Å². The summed E-state index contributed by atoms with van der Waals surface area (Å²) in [4.78, 5) is 44.7. The monoisotopic (exact) mass is 526 g/mol. The van der Waals surface area contributed by atoms with E-state index in [-0.39, 0.29) is 5.56 Å². The van der Waals surface area contributed by atoms with Crippen LogP contribution in [0.2, 0.25) is 10.0 Å². The van der Waals surface area contributed by atoms with Crippen LogP contribution in [0.5, 0.6) is 0 Å². The fraction of sp³-hybridized carbons (Fsp3) is 0.154. The fourth-order valence-corrected chi connectivity index (χ4v) is 4.14. The lowest BCUT2D eigenvalue weighted by molar-refractivity contribution is -0.128. The van der Waals surface area contributed by atoms with Gasteiger partial charge in [-0.25, -0.2) is 9.38 Å². The van der Waals surface area contributed by atoms with E-state index in [0.717, 1.165) is 6.07 Å². The maximum atomic E-state index is 13.5. The van der Waals surface area contributed by atoms with Crippen LogP contribution in [0.25, 0.3) is 0 Å². The van der Waals surface area contributed by atoms with Gasteiger partial charge in [0.15, 0.2) is 0 Å². The number of nitrogens with one attached hydrogen (secondary N) is 2. The summed E-state index contributed by atoms with van der Waals surface area (Å²) in [5.74, 6) is -2.37. The second-order valence-corrected chi connectivity index (χ2v) is 8.98. The Morgan fingerprint density at radius 2 is 1.78 bits per heavy atom. The third-order valence-electron chi connectivity index (χ3n) is 5.63. The van der Waals surface area contributed by atoms with Crippen LogP contribution in [0.1, 0.15) is 28.4 Å². The molecule has 2 N–H and O–H groups in total. The Hall–Kier alpha value is -3.75. The molecule has 184 valence electrons. The number of likely N-dealkylation sites (N-methyl/N-ethyl adjacent to an activating group) is 1. The molecule has 0 aromatic heterocycles. The van der Waals surface area contributed by atoms with E-state index in [4.69, 9.17) is 23.2 Å². The molecule has 7 nitrogen and oxygen atoms in total. The van der Waals surface area contributed by atoms with Gasteiger partial charge in [-0.15, -0.1) is 0 Å².